The third kappa shape index (κ3) is 3.80. The molecule has 1 aromatic carbocycles. The molecular weight excluding hydrogens is 406 g/mol. The van der Waals surface area contributed by atoms with Crippen LogP contribution >= 0.6 is 0 Å². The molecule has 0 spiro atoms. The molecule has 3 aliphatic rings. The van der Waals surface area contributed by atoms with Gasteiger partial charge in [-0.15, -0.1) is 0 Å². The van der Waals surface area contributed by atoms with Gasteiger partial charge in [0.1, 0.15) is 11.8 Å². The van der Waals surface area contributed by atoms with Crippen molar-refractivity contribution in [2.75, 3.05) is 26.2 Å². The Balaban J connectivity index is 1.54. The highest BCUT2D eigenvalue weighted by molar-refractivity contribution is 7.89. The fourth-order valence-electron chi connectivity index (χ4n) is 4.71. The molecule has 0 radical (unpaired) electrons. The van der Waals surface area contributed by atoms with E-state index in [1.807, 2.05) is 6.92 Å². The van der Waals surface area contributed by atoms with Gasteiger partial charge in [-0.05, 0) is 50.5 Å². The van der Waals surface area contributed by atoms with Gasteiger partial charge in [-0.3, -0.25) is 9.69 Å². The SMILES string of the molecule is CCOc1ccc(S(=O)(=O)N2CCCN3C(=O)N(C4CCCCC4)C(=O)C3C2)cc1. The highest BCUT2D eigenvalue weighted by Crippen LogP contribution is 2.31. The number of fused-ring (bicyclic) bond motifs is 1. The predicted octanol–water partition coefficient (Wildman–Crippen LogP) is 2.45. The molecule has 9 heteroatoms. The van der Waals surface area contributed by atoms with E-state index < -0.39 is 16.1 Å². The quantitative estimate of drug-likeness (QED) is 0.663. The highest BCUT2D eigenvalue weighted by atomic mass is 32.2. The van der Waals surface area contributed by atoms with E-state index in [1.54, 1.807) is 17.0 Å². The van der Waals surface area contributed by atoms with Crippen molar-refractivity contribution < 1.29 is 22.7 Å². The Morgan fingerprint density at radius 1 is 1.00 bits per heavy atom. The minimum absolute atomic E-state index is 0.00331. The van der Waals surface area contributed by atoms with Gasteiger partial charge in [0, 0.05) is 25.7 Å². The lowest BCUT2D eigenvalue weighted by molar-refractivity contribution is -0.130. The van der Waals surface area contributed by atoms with E-state index in [-0.39, 0.29) is 36.0 Å². The molecule has 1 atom stereocenters. The largest absolute Gasteiger partial charge is 0.494 e. The van der Waals surface area contributed by atoms with Crippen molar-refractivity contribution in [2.24, 2.45) is 0 Å². The summed E-state index contributed by atoms with van der Waals surface area (Å²) in [7, 11) is -3.77. The lowest BCUT2D eigenvalue weighted by Gasteiger charge is -2.29. The number of rotatable bonds is 5. The lowest BCUT2D eigenvalue weighted by Crippen LogP contribution is -2.45. The van der Waals surface area contributed by atoms with E-state index in [9.17, 15) is 18.0 Å². The number of urea groups is 1. The van der Waals surface area contributed by atoms with Gasteiger partial charge in [0.25, 0.3) is 5.91 Å². The number of carbonyl (C=O) groups excluding carboxylic acids is 2. The van der Waals surface area contributed by atoms with Crippen molar-refractivity contribution in [1.82, 2.24) is 14.1 Å². The van der Waals surface area contributed by atoms with Crippen LogP contribution in [0.25, 0.3) is 0 Å². The first-order chi connectivity index (χ1) is 14.4. The summed E-state index contributed by atoms with van der Waals surface area (Å²) in [5.74, 6) is 0.360. The van der Waals surface area contributed by atoms with Gasteiger partial charge in [-0.1, -0.05) is 19.3 Å². The van der Waals surface area contributed by atoms with Crippen molar-refractivity contribution in [2.45, 2.75) is 62.4 Å². The average molecular weight is 436 g/mol. The second kappa shape index (κ2) is 8.55. The molecule has 0 N–H and O–H groups in total. The van der Waals surface area contributed by atoms with Crippen LogP contribution in [-0.4, -0.2) is 72.8 Å². The molecule has 2 aliphatic heterocycles. The Hall–Kier alpha value is -2.13. The maximum absolute atomic E-state index is 13.2. The van der Waals surface area contributed by atoms with Crippen molar-refractivity contribution in [3.63, 3.8) is 0 Å². The van der Waals surface area contributed by atoms with Gasteiger partial charge in [0.15, 0.2) is 0 Å². The number of sulfonamides is 1. The normalized spacial score (nSPS) is 24.1. The monoisotopic (exact) mass is 435 g/mol. The molecule has 3 fully saturated rings. The molecule has 2 heterocycles. The van der Waals surface area contributed by atoms with Crippen LogP contribution in [-0.2, 0) is 14.8 Å². The van der Waals surface area contributed by atoms with Gasteiger partial charge < -0.3 is 9.64 Å². The van der Waals surface area contributed by atoms with Gasteiger partial charge >= 0.3 is 6.03 Å². The molecular formula is C21H29N3O5S. The van der Waals surface area contributed by atoms with E-state index >= 15 is 0 Å². The zero-order valence-electron chi connectivity index (χ0n) is 17.3. The Morgan fingerprint density at radius 2 is 1.70 bits per heavy atom. The maximum Gasteiger partial charge on any atom is 0.327 e. The topological polar surface area (TPSA) is 87.2 Å². The predicted molar refractivity (Wildman–Crippen MR) is 111 cm³/mol. The lowest BCUT2D eigenvalue weighted by atomic mass is 9.94. The van der Waals surface area contributed by atoms with E-state index in [0.29, 0.717) is 25.3 Å². The van der Waals surface area contributed by atoms with Crippen LogP contribution in [0.1, 0.15) is 45.4 Å². The zero-order valence-corrected chi connectivity index (χ0v) is 18.1. The first-order valence-corrected chi connectivity index (χ1v) is 12.2. The van der Waals surface area contributed by atoms with Crippen molar-refractivity contribution in [1.29, 1.82) is 0 Å². The number of imide groups is 1. The molecule has 1 aliphatic carbocycles. The molecule has 2 saturated heterocycles. The second-order valence-electron chi connectivity index (χ2n) is 8.11. The summed E-state index contributed by atoms with van der Waals surface area (Å²) in [6.07, 6.45) is 5.35. The van der Waals surface area contributed by atoms with Gasteiger partial charge in [0.2, 0.25) is 10.0 Å². The van der Waals surface area contributed by atoms with Gasteiger partial charge in [0.05, 0.1) is 11.5 Å². The zero-order chi connectivity index (χ0) is 21.3. The summed E-state index contributed by atoms with van der Waals surface area (Å²) < 4.78 is 33.2. The molecule has 1 aromatic rings. The average Bonchev–Trinajstić information content (AvgIpc) is 2.90. The number of hydrogen-bond donors (Lipinski definition) is 0. The summed E-state index contributed by atoms with van der Waals surface area (Å²) >= 11 is 0. The Morgan fingerprint density at radius 3 is 2.37 bits per heavy atom. The van der Waals surface area contributed by atoms with Crippen LogP contribution in [0, 0.1) is 0 Å². The number of amides is 3. The van der Waals surface area contributed by atoms with Crippen molar-refractivity contribution in [3.05, 3.63) is 24.3 Å². The summed E-state index contributed by atoms with van der Waals surface area (Å²) in [6.45, 7) is 3.05. The Bertz CT molecular complexity index is 896. The second-order valence-corrected chi connectivity index (χ2v) is 10.1. The fourth-order valence-corrected chi connectivity index (χ4v) is 6.19. The number of carbonyl (C=O) groups is 2. The minimum atomic E-state index is -3.77. The van der Waals surface area contributed by atoms with Crippen LogP contribution in [0.4, 0.5) is 4.79 Å². The Labute approximate surface area is 177 Å². The summed E-state index contributed by atoms with van der Waals surface area (Å²) in [5.41, 5.74) is 0. The fraction of sp³-hybridized carbons (Fsp3) is 0.619. The summed E-state index contributed by atoms with van der Waals surface area (Å²) in [4.78, 5) is 29.3. The van der Waals surface area contributed by atoms with Crippen LogP contribution in [0.3, 0.4) is 0 Å². The van der Waals surface area contributed by atoms with Crippen molar-refractivity contribution in [3.8, 4) is 5.75 Å². The third-order valence-corrected chi connectivity index (χ3v) is 8.13. The van der Waals surface area contributed by atoms with E-state index in [1.165, 1.54) is 21.3 Å². The van der Waals surface area contributed by atoms with Crippen molar-refractivity contribution >= 4 is 22.0 Å². The molecule has 8 nitrogen and oxygen atoms in total. The Kier molecular flexibility index (Phi) is 6.02. The first kappa shape index (κ1) is 21.1. The molecule has 3 amide bonds. The van der Waals surface area contributed by atoms with Gasteiger partial charge in [-0.2, -0.15) is 4.31 Å². The number of nitrogens with zero attached hydrogens (tertiary/aromatic N) is 3. The van der Waals surface area contributed by atoms with Gasteiger partial charge in [-0.25, -0.2) is 13.2 Å². The summed E-state index contributed by atoms with van der Waals surface area (Å²) in [6, 6.07) is 5.28. The molecule has 164 valence electrons. The van der Waals surface area contributed by atoms with Crippen LogP contribution in [0.2, 0.25) is 0 Å². The number of ether oxygens (including phenoxy) is 1. The third-order valence-electron chi connectivity index (χ3n) is 6.25. The van der Waals surface area contributed by atoms with E-state index in [0.717, 1.165) is 32.1 Å². The van der Waals surface area contributed by atoms with E-state index in [2.05, 4.69) is 0 Å². The summed E-state index contributed by atoms with van der Waals surface area (Å²) in [5, 5.41) is 0. The number of hydrogen-bond acceptors (Lipinski definition) is 5. The molecule has 1 unspecified atom stereocenters. The molecule has 1 saturated carbocycles. The smallest absolute Gasteiger partial charge is 0.327 e. The molecule has 30 heavy (non-hydrogen) atoms. The number of benzene rings is 1. The first-order valence-electron chi connectivity index (χ1n) is 10.8. The highest BCUT2D eigenvalue weighted by Gasteiger charge is 2.50. The molecule has 0 aromatic heterocycles. The molecule has 4 rings (SSSR count). The molecule has 0 bridgehead atoms. The minimum Gasteiger partial charge on any atom is -0.494 e. The van der Waals surface area contributed by atoms with Crippen LogP contribution in [0.5, 0.6) is 5.75 Å². The van der Waals surface area contributed by atoms with Crippen LogP contribution < -0.4 is 4.74 Å². The standard InChI is InChI=1S/C21H29N3O5S/c1-2-29-17-9-11-18(12-10-17)30(27,28)22-13-6-14-23-19(15-22)20(25)24(21(23)26)16-7-4-3-5-8-16/h9-12,16,19H,2-8,13-15H2,1H3. The van der Waals surface area contributed by atoms with Crippen LogP contribution in [0.15, 0.2) is 29.2 Å². The maximum atomic E-state index is 13.2. The van der Waals surface area contributed by atoms with E-state index in [4.69, 9.17) is 4.74 Å².